The molecule has 1 rings (SSSR count). The average Bonchev–Trinajstić information content (AvgIpc) is 2.91. The fourth-order valence-corrected chi connectivity index (χ4v) is 3.61. The van der Waals surface area contributed by atoms with Gasteiger partial charge in [-0.3, -0.25) is 0 Å². The molecule has 1 N–H and O–H groups in total. The molecule has 0 aliphatic heterocycles. The van der Waals surface area contributed by atoms with Crippen LogP contribution in [0.1, 0.15) is 25.3 Å². The average molecular weight is 319 g/mol. The molecule has 0 aliphatic rings. The summed E-state index contributed by atoms with van der Waals surface area (Å²) in [6.45, 7) is 4.90. The number of hydrogen-bond acceptors (Lipinski definition) is 4. The zero-order valence-corrected chi connectivity index (χ0v) is 14.1. The van der Waals surface area contributed by atoms with Gasteiger partial charge in [0.25, 0.3) is 10.2 Å². The minimum Gasteiger partial charge on any atom is -0.317 e. The Kier molecular flexibility index (Phi) is 7.68. The molecule has 0 unspecified atom stereocenters. The maximum Gasteiger partial charge on any atom is 0.281 e. The van der Waals surface area contributed by atoms with Gasteiger partial charge in [-0.15, -0.1) is 0 Å². The summed E-state index contributed by atoms with van der Waals surface area (Å²) in [5.41, 5.74) is 1.03. The van der Waals surface area contributed by atoms with Gasteiger partial charge in [-0.2, -0.15) is 28.4 Å². The first-order valence-corrected chi connectivity index (χ1v) is 9.21. The van der Waals surface area contributed by atoms with E-state index < -0.39 is 10.2 Å². The van der Waals surface area contributed by atoms with Crippen molar-refractivity contribution in [2.75, 3.05) is 33.7 Å². The number of nitrogens with zero attached hydrogens (tertiary/aromatic N) is 2. The van der Waals surface area contributed by atoms with Crippen molar-refractivity contribution in [1.29, 1.82) is 0 Å². The molecule has 0 radical (unpaired) electrons. The molecule has 1 aromatic heterocycles. The van der Waals surface area contributed by atoms with E-state index in [2.05, 4.69) is 12.2 Å². The first-order valence-electron chi connectivity index (χ1n) is 6.88. The van der Waals surface area contributed by atoms with E-state index >= 15 is 0 Å². The van der Waals surface area contributed by atoms with Gasteiger partial charge >= 0.3 is 0 Å². The quantitative estimate of drug-likeness (QED) is 0.669. The van der Waals surface area contributed by atoms with Crippen molar-refractivity contribution >= 4 is 21.5 Å². The molecule has 7 heteroatoms. The molecule has 20 heavy (non-hydrogen) atoms. The van der Waals surface area contributed by atoms with Gasteiger partial charge in [0.2, 0.25) is 0 Å². The second kappa shape index (κ2) is 8.74. The Labute approximate surface area is 126 Å². The van der Waals surface area contributed by atoms with Crippen LogP contribution in [0.3, 0.4) is 0 Å². The number of thiophene rings is 1. The Balaban J connectivity index is 2.41. The molecule has 0 spiro atoms. The summed E-state index contributed by atoms with van der Waals surface area (Å²) in [4.78, 5) is 0. The first kappa shape index (κ1) is 17.6. The summed E-state index contributed by atoms with van der Waals surface area (Å²) < 4.78 is 27.4. The zero-order valence-electron chi connectivity index (χ0n) is 12.5. The molecule has 0 aromatic carbocycles. The van der Waals surface area contributed by atoms with Crippen molar-refractivity contribution in [2.45, 2.75) is 26.3 Å². The lowest BCUT2D eigenvalue weighted by atomic mass is 10.3. The van der Waals surface area contributed by atoms with Gasteiger partial charge in [-0.1, -0.05) is 6.92 Å². The molecule has 1 aromatic rings. The van der Waals surface area contributed by atoms with E-state index in [9.17, 15) is 8.42 Å². The summed E-state index contributed by atoms with van der Waals surface area (Å²) in [5, 5.41) is 7.20. The third-order valence-electron chi connectivity index (χ3n) is 3.03. The normalized spacial score (nSPS) is 12.4. The number of rotatable bonds is 10. The van der Waals surface area contributed by atoms with E-state index in [4.69, 9.17) is 0 Å². The summed E-state index contributed by atoms with van der Waals surface area (Å²) in [6.07, 6.45) is 1.92. The van der Waals surface area contributed by atoms with Crippen molar-refractivity contribution in [3.8, 4) is 0 Å². The SMILES string of the molecule is CCCNCCCN(C)S(=O)(=O)N(C)Cc1ccsc1. The van der Waals surface area contributed by atoms with Crippen LogP contribution in [-0.4, -0.2) is 50.8 Å². The minimum absolute atomic E-state index is 0.421. The summed E-state index contributed by atoms with van der Waals surface area (Å²) >= 11 is 1.58. The highest BCUT2D eigenvalue weighted by atomic mass is 32.2. The third kappa shape index (κ3) is 5.49. The third-order valence-corrected chi connectivity index (χ3v) is 5.65. The van der Waals surface area contributed by atoms with Crippen LogP contribution in [0.4, 0.5) is 0 Å². The van der Waals surface area contributed by atoms with Gasteiger partial charge in [-0.25, -0.2) is 0 Å². The smallest absolute Gasteiger partial charge is 0.281 e. The van der Waals surface area contributed by atoms with Crippen LogP contribution in [0.15, 0.2) is 16.8 Å². The van der Waals surface area contributed by atoms with Crippen molar-refractivity contribution in [3.63, 3.8) is 0 Å². The van der Waals surface area contributed by atoms with E-state index in [-0.39, 0.29) is 0 Å². The molecule has 0 amide bonds. The number of nitrogens with one attached hydrogen (secondary N) is 1. The maximum absolute atomic E-state index is 12.3. The number of hydrogen-bond donors (Lipinski definition) is 1. The summed E-state index contributed by atoms with van der Waals surface area (Å²) in [7, 11) is -0.102. The molecule has 0 fully saturated rings. The predicted octanol–water partition coefficient (Wildman–Crippen LogP) is 1.75. The van der Waals surface area contributed by atoms with Crippen LogP contribution in [-0.2, 0) is 16.8 Å². The van der Waals surface area contributed by atoms with Crippen LogP contribution in [0, 0.1) is 0 Å². The van der Waals surface area contributed by atoms with Crippen LogP contribution >= 0.6 is 11.3 Å². The van der Waals surface area contributed by atoms with Gasteiger partial charge in [-0.05, 0) is 48.3 Å². The highest BCUT2D eigenvalue weighted by Gasteiger charge is 2.23. The standard InChI is InChI=1S/C13H25N3O2S2/c1-4-7-14-8-5-9-15(2)20(17,18)16(3)11-13-6-10-19-12-13/h6,10,12,14H,4-5,7-9,11H2,1-3H3. The van der Waals surface area contributed by atoms with Gasteiger partial charge in [0, 0.05) is 27.2 Å². The van der Waals surface area contributed by atoms with Crippen molar-refractivity contribution in [1.82, 2.24) is 13.9 Å². The Morgan fingerprint density at radius 3 is 2.60 bits per heavy atom. The summed E-state index contributed by atoms with van der Waals surface area (Å²) in [5.74, 6) is 0. The van der Waals surface area contributed by atoms with Gasteiger partial charge in [0.05, 0.1) is 0 Å². The fraction of sp³-hybridized carbons (Fsp3) is 0.692. The van der Waals surface area contributed by atoms with Crippen molar-refractivity contribution in [2.24, 2.45) is 0 Å². The summed E-state index contributed by atoms with van der Waals surface area (Å²) in [6, 6.07) is 1.95. The molecule has 0 bridgehead atoms. The Morgan fingerprint density at radius 1 is 1.25 bits per heavy atom. The van der Waals surface area contributed by atoms with Gasteiger partial charge < -0.3 is 5.32 Å². The van der Waals surface area contributed by atoms with Gasteiger partial charge in [0.15, 0.2) is 0 Å². The van der Waals surface area contributed by atoms with E-state index in [1.807, 2.05) is 16.8 Å². The fourth-order valence-electron chi connectivity index (χ4n) is 1.80. The lowest BCUT2D eigenvalue weighted by molar-refractivity contribution is 0.384. The molecule has 0 saturated carbocycles. The molecule has 1 heterocycles. The molecule has 116 valence electrons. The van der Waals surface area contributed by atoms with E-state index in [1.165, 1.54) is 8.61 Å². The zero-order chi connectivity index (χ0) is 15.0. The second-order valence-electron chi connectivity index (χ2n) is 4.82. The lowest BCUT2D eigenvalue weighted by Gasteiger charge is -2.24. The Bertz CT molecular complexity index is 460. The molecular weight excluding hydrogens is 294 g/mol. The lowest BCUT2D eigenvalue weighted by Crippen LogP contribution is -2.40. The van der Waals surface area contributed by atoms with E-state index in [0.29, 0.717) is 13.1 Å². The Morgan fingerprint density at radius 2 is 2.00 bits per heavy atom. The molecule has 0 saturated heterocycles. The molecular formula is C13H25N3O2S2. The highest BCUT2D eigenvalue weighted by Crippen LogP contribution is 2.12. The molecule has 0 atom stereocenters. The topological polar surface area (TPSA) is 52.7 Å². The van der Waals surface area contributed by atoms with Gasteiger partial charge in [0.1, 0.15) is 0 Å². The monoisotopic (exact) mass is 319 g/mol. The van der Waals surface area contributed by atoms with Crippen LogP contribution in [0.2, 0.25) is 0 Å². The van der Waals surface area contributed by atoms with Crippen LogP contribution in [0.25, 0.3) is 0 Å². The second-order valence-corrected chi connectivity index (χ2v) is 7.74. The minimum atomic E-state index is -3.36. The highest BCUT2D eigenvalue weighted by molar-refractivity contribution is 7.86. The Hall–Kier alpha value is -0.470. The first-order chi connectivity index (χ1) is 9.48. The van der Waals surface area contributed by atoms with E-state index in [1.54, 1.807) is 25.4 Å². The maximum atomic E-state index is 12.3. The predicted molar refractivity (Wildman–Crippen MR) is 85.1 cm³/mol. The largest absolute Gasteiger partial charge is 0.317 e. The van der Waals surface area contributed by atoms with Crippen LogP contribution < -0.4 is 5.32 Å². The van der Waals surface area contributed by atoms with E-state index in [0.717, 1.165) is 31.5 Å². The van der Waals surface area contributed by atoms with Crippen LogP contribution in [0.5, 0.6) is 0 Å². The molecule has 5 nitrogen and oxygen atoms in total. The van der Waals surface area contributed by atoms with Crippen molar-refractivity contribution < 1.29 is 8.42 Å². The molecule has 0 aliphatic carbocycles. The van der Waals surface area contributed by atoms with Crippen molar-refractivity contribution in [3.05, 3.63) is 22.4 Å².